The molecule has 4 rings (SSSR count). The molecule has 0 unspecified atom stereocenters. The summed E-state index contributed by atoms with van der Waals surface area (Å²) in [5.74, 6) is 0.276. The van der Waals surface area contributed by atoms with Crippen LogP contribution in [0.1, 0.15) is 41.1 Å². The maximum Gasteiger partial charge on any atom is 0.221 e. The third kappa shape index (κ3) is 5.12. The number of amides is 1. The summed E-state index contributed by atoms with van der Waals surface area (Å²) in [6.45, 7) is 0. The topological polar surface area (TPSA) is 56.0 Å². The van der Waals surface area contributed by atoms with E-state index >= 15 is 0 Å². The maximum atomic E-state index is 11.1. The van der Waals surface area contributed by atoms with E-state index in [1.54, 1.807) is 0 Å². The predicted molar refractivity (Wildman–Crippen MR) is 116 cm³/mol. The number of primary amides is 1. The van der Waals surface area contributed by atoms with Crippen LogP contribution in [0.15, 0.2) is 60.7 Å². The van der Waals surface area contributed by atoms with Crippen molar-refractivity contribution >= 4 is 29.9 Å². The Morgan fingerprint density at radius 3 is 2.36 bits per heavy atom. The summed E-state index contributed by atoms with van der Waals surface area (Å²) in [5, 5.41) is 0.720. The zero-order valence-corrected chi connectivity index (χ0v) is 17.0. The fraction of sp³-hybridized carbons (Fsp3) is 0.217. The molecule has 0 radical (unpaired) electrons. The standard InChI is InChI=1S/C23H21ClN2O.ClH/c24-20-3-1-2-19(14-20)22-12-17(11-21(26-22)18-8-9-18)10-15-4-6-16(7-5-15)13-23(25)27;/h1-7,11-12,14,18H,8-10,13H2,(H2,25,27);1H. The van der Waals surface area contributed by atoms with Crippen LogP contribution < -0.4 is 5.73 Å². The Balaban J connectivity index is 0.00000225. The Morgan fingerprint density at radius 1 is 1.00 bits per heavy atom. The molecular weight excluding hydrogens is 391 g/mol. The minimum absolute atomic E-state index is 0. The molecule has 1 fully saturated rings. The zero-order chi connectivity index (χ0) is 18.8. The van der Waals surface area contributed by atoms with E-state index in [1.165, 1.54) is 29.7 Å². The highest BCUT2D eigenvalue weighted by Gasteiger charge is 2.26. The van der Waals surface area contributed by atoms with Crippen LogP contribution in [0.5, 0.6) is 0 Å². The first-order valence-electron chi connectivity index (χ1n) is 9.20. The normalized spacial score (nSPS) is 13.0. The van der Waals surface area contributed by atoms with Crippen molar-refractivity contribution in [2.24, 2.45) is 5.73 Å². The van der Waals surface area contributed by atoms with Crippen LogP contribution in [-0.4, -0.2) is 10.9 Å². The van der Waals surface area contributed by atoms with Crippen molar-refractivity contribution < 1.29 is 4.79 Å². The molecule has 3 aromatic rings. The fourth-order valence-corrected chi connectivity index (χ4v) is 3.50. The van der Waals surface area contributed by atoms with Gasteiger partial charge in [0, 0.05) is 22.2 Å². The summed E-state index contributed by atoms with van der Waals surface area (Å²) < 4.78 is 0. The third-order valence-corrected chi connectivity index (χ3v) is 5.07. The van der Waals surface area contributed by atoms with E-state index in [0.29, 0.717) is 5.92 Å². The van der Waals surface area contributed by atoms with Gasteiger partial charge in [0.05, 0.1) is 12.1 Å². The number of pyridine rings is 1. The Labute approximate surface area is 176 Å². The predicted octanol–water partition coefficient (Wildman–Crippen LogP) is 5.32. The van der Waals surface area contributed by atoms with Gasteiger partial charge in [-0.3, -0.25) is 9.78 Å². The number of nitrogens with zero attached hydrogens (tertiary/aromatic N) is 1. The molecule has 0 saturated heterocycles. The molecule has 2 N–H and O–H groups in total. The molecule has 144 valence electrons. The van der Waals surface area contributed by atoms with E-state index in [4.69, 9.17) is 22.3 Å². The van der Waals surface area contributed by atoms with Gasteiger partial charge in [0.1, 0.15) is 0 Å². The minimum atomic E-state index is -0.308. The number of nitrogens with two attached hydrogens (primary N) is 1. The quantitative estimate of drug-likeness (QED) is 0.595. The van der Waals surface area contributed by atoms with Crippen molar-refractivity contribution in [2.45, 2.75) is 31.6 Å². The lowest BCUT2D eigenvalue weighted by Gasteiger charge is -2.10. The van der Waals surface area contributed by atoms with Crippen LogP contribution in [-0.2, 0) is 17.6 Å². The average molecular weight is 413 g/mol. The van der Waals surface area contributed by atoms with Crippen LogP contribution in [0.4, 0.5) is 0 Å². The molecule has 0 atom stereocenters. The number of rotatable bonds is 6. The first-order chi connectivity index (χ1) is 13.1. The SMILES string of the molecule is Cl.NC(=O)Cc1ccc(Cc2cc(-c3cccc(Cl)c3)nc(C3CC3)c2)cc1. The van der Waals surface area contributed by atoms with Gasteiger partial charge in [-0.2, -0.15) is 0 Å². The smallest absolute Gasteiger partial charge is 0.221 e. The van der Waals surface area contributed by atoms with Crippen LogP contribution in [0.3, 0.4) is 0 Å². The summed E-state index contributed by atoms with van der Waals surface area (Å²) in [4.78, 5) is 15.9. The Hall–Kier alpha value is -2.36. The van der Waals surface area contributed by atoms with Crippen LogP contribution >= 0.6 is 24.0 Å². The maximum absolute atomic E-state index is 11.1. The summed E-state index contributed by atoms with van der Waals surface area (Å²) in [5.41, 5.74) is 11.8. The van der Waals surface area contributed by atoms with E-state index in [2.05, 4.69) is 24.3 Å². The second kappa shape index (κ2) is 8.76. The van der Waals surface area contributed by atoms with Crippen molar-refractivity contribution in [1.29, 1.82) is 0 Å². The van der Waals surface area contributed by atoms with Crippen molar-refractivity contribution in [3.05, 3.63) is 88.1 Å². The number of carbonyl (C=O) groups is 1. The second-order valence-electron chi connectivity index (χ2n) is 7.21. The van der Waals surface area contributed by atoms with Gasteiger partial charge in [0.2, 0.25) is 5.91 Å². The van der Waals surface area contributed by atoms with E-state index in [9.17, 15) is 4.79 Å². The van der Waals surface area contributed by atoms with Crippen molar-refractivity contribution in [3.63, 3.8) is 0 Å². The van der Waals surface area contributed by atoms with E-state index in [-0.39, 0.29) is 24.7 Å². The van der Waals surface area contributed by atoms with Crippen molar-refractivity contribution in [2.75, 3.05) is 0 Å². The van der Waals surface area contributed by atoms with Crippen molar-refractivity contribution in [1.82, 2.24) is 4.98 Å². The number of halogens is 2. The Morgan fingerprint density at radius 2 is 1.71 bits per heavy atom. The molecule has 28 heavy (non-hydrogen) atoms. The first-order valence-corrected chi connectivity index (χ1v) is 9.57. The summed E-state index contributed by atoms with van der Waals surface area (Å²) in [6, 6.07) is 20.3. The second-order valence-corrected chi connectivity index (χ2v) is 7.64. The van der Waals surface area contributed by atoms with Gasteiger partial charge in [0.15, 0.2) is 0 Å². The van der Waals surface area contributed by atoms with Gasteiger partial charge in [0.25, 0.3) is 0 Å². The number of aromatic nitrogens is 1. The summed E-state index contributed by atoms with van der Waals surface area (Å²) in [6.07, 6.45) is 3.54. The molecular formula is C23H22Cl2N2O. The Kier molecular flexibility index (Phi) is 6.38. The number of benzene rings is 2. The molecule has 1 aromatic heterocycles. The number of hydrogen-bond acceptors (Lipinski definition) is 2. The van der Waals surface area contributed by atoms with E-state index in [0.717, 1.165) is 28.3 Å². The lowest BCUT2D eigenvalue weighted by atomic mass is 9.99. The van der Waals surface area contributed by atoms with Gasteiger partial charge in [-0.05, 0) is 60.2 Å². The lowest BCUT2D eigenvalue weighted by molar-refractivity contribution is -0.117. The van der Waals surface area contributed by atoms with Gasteiger partial charge in [-0.25, -0.2) is 0 Å². The molecule has 1 aliphatic rings. The molecule has 5 heteroatoms. The molecule has 1 heterocycles. The number of carbonyl (C=O) groups excluding carboxylic acids is 1. The fourth-order valence-electron chi connectivity index (χ4n) is 3.31. The van der Waals surface area contributed by atoms with Crippen LogP contribution in [0.2, 0.25) is 5.02 Å². The van der Waals surface area contributed by atoms with Crippen LogP contribution in [0, 0.1) is 0 Å². The summed E-state index contributed by atoms with van der Waals surface area (Å²) >= 11 is 6.17. The van der Waals surface area contributed by atoms with Crippen LogP contribution in [0.25, 0.3) is 11.3 Å². The number of hydrogen-bond donors (Lipinski definition) is 1. The highest BCUT2D eigenvalue weighted by atomic mass is 35.5. The largest absolute Gasteiger partial charge is 0.369 e. The minimum Gasteiger partial charge on any atom is -0.369 e. The monoisotopic (exact) mass is 412 g/mol. The van der Waals surface area contributed by atoms with Gasteiger partial charge in [-0.1, -0.05) is 48.0 Å². The van der Waals surface area contributed by atoms with E-state index < -0.39 is 0 Å². The highest BCUT2D eigenvalue weighted by Crippen LogP contribution is 2.40. The molecule has 1 saturated carbocycles. The molecule has 0 spiro atoms. The highest BCUT2D eigenvalue weighted by molar-refractivity contribution is 6.30. The van der Waals surface area contributed by atoms with Gasteiger partial charge >= 0.3 is 0 Å². The van der Waals surface area contributed by atoms with Crippen molar-refractivity contribution in [3.8, 4) is 11.3 Å². The Bertz CT molecular complexity index is 982. The third-order valence-electron chi connectivity index (χ3n) is 4.83. The van der Waals surface area contributed by atoms with E-state index in [1.807, 2.05) is 36.4 Å². The summed E-state index contributed by atoms with van der Waals surface area (Å²) in [7, 11) is 0. The zero-order valence-electron chi connectivity index (χ0n) is 15.4. The molecule has 1 aliphatic carbocycles. The molecule has 0 bridgehead atoms. The van der Waals surface area contributed by atoms with Gasteiger partial charge in [-0.15, -0.1) is 12.4 Å². The molecule has 2 aromatic carbocycles. The lowest BCUT2D eigenvalue weighted by Crippen LogP contribution is -2.13. The molecule has 1 amide bonds. The first kappa shape index (κ1) is 20.4. The average Bonchev–Trinajstić information content (AvgIpc) is 3.48. The molecule has 0 aliphatic heterocycles. The molecule has 3 nitrogen and oxygen atoms in total. The van der Waals surface area contributed by atoms with Gasteiger partial charge < -0.3 is 5.73 Å².